The van der Waals surface area contributed by atoms with E-state index >= 15 is 0 Å². The fourth-order valence-corrected chi connectivity index (χ4v) is 2.48. The number of hydrogen-bond donors (Lipinski definition) is 2. The Morgan fingerprint density at radius 3 is 2.50 bits per heavy atom. The number of carbonyl (C=O) groups excluding carboxylic acids is 1. The molecule has 0 radical (unpaired) electrons. The molecule has 0 fully saturated rings. The highest BCUT2D eigenvalue weighted by Gasteiger charge is 2.10. The Balaban J connectivity index is 1.83. The predicted molar refractivity (Wildman–Crippen MR) is 97.4 cm³/mol. The van der Waals surface area contributed by atoms with Crippen LogP contribution < -0.4 is 14.8 Å². The third-order valence-corrected chi connectivity index (χ3v) is 3.89. The highest BCUT2D eigenvalue weighted by Crippen LogP contribution is 2.18. The van der Waals surface area contributed by atoms with Gasteiger partial charge in [-0.05, 0) is 48.7 Å². The Hall–Kier alpha value is -3.02. The van der Waals surface area contributed by atoms with Gasteiger partial charge in [0, 0.05) is 6.42 Å². The summed E-state index contributed by atoms with van der Waals surface area (Å²) in [5, 5.41) is 11.6. The summed E-state index contributed by atoms with van der Waals surface area (Å²) in [6.07, 6.45) is 1.02. The number of rotatable bonds is 9. The van der Waals surface area contributed by atoms with Gasteiger partial charge < -0.3 is 19.9 Å². The van der Waals surface area contributed by atoms with E-state index in [1.54, 1.807) is 19.2 Å². The molecule has 0 bridgehead atoms. The zero-order valence-corrected chi connectivity index (χ0v) is 14.9. The highest BCUT2D eigenvalue weighted by atomic mass is 16.5. The summed E-state index contributed by atoms with van der Waals surface area (Å²) in [5.41, 5.74) is 1.97. The molecule has 0 aromatic heterocycles. The molecule has 1 atom stereocenters. The van der Waals surface area contributed by atoms with E-state index in [0.717, 1.165) is 16.9 Å². The van der Waals surface area contributed by atoms with Crippen LogP contribution in [0.1, 0.15) is 30.5 Å². The van der Waals surface area contributed by atoms with Crippen LogP contribution in [0, 0.1) is 0 Å². The number of aliphatic carboxylic acids is 1. The molecule has 6 heteroatoms. The first-order valence-corrected chi connectivity index (χ1v) is 8.35. The van der Waals surface area contributed by atoms with Crippen molar-refractivity contribution in [2.24, 2.45) is 0 Å². The Morgan fingerprint density at radius 1 is 1.12 bits per heavy atom. The summed E-state index contributed by atoms with van der Waals surface area (Å²) in [7, 11) is 1.62. The van der Waals surface area contributed by atoms with E-state index in [1.165, 1.54) is 0 Å². The molecular formula is C20H23NO5. The average Bonchev–Trinajstić information content (AvgIpc) is 2.65. The number of ether oxygens (including phenoxy) is 2. The summed E-state index contributed by atoms with van der Waals surface area (Å²) in [6.45, 7) is 1.52. The predicted octanol–water partition coefficient (Wildman–Crippen LogP) is 2.97. The second-order valence-corrected chi connectivity index (χ2v) is 5.89. The van der Waals surface area contributed by atoms with Gasteiger partial charge >= 0.3 is 5.97 Å². The average molecular weight is 357 g/mol. The molecule has 2 aromatic carbocycles. The van der Waals surface area contributed by atoms with E-state index < -0.39 is 5.97 Å². The van der Waals surface area contributed by atoms with Crippen LogP contribution in [0.15, 0.2) is 48.5 Å². The number of carbonyl (C=O) groups is 2. The first kappa shape index (κ1) is 19.3. The quantitative estimate of drug-likeness (QED) is 0.721. The lowest BCUT2D eigenvalue weighted by Crippen LogP contribution is -2.26. The third-order valence-electron chi connectivity index (χ3n) is 3.89. The summed E-state index contributed by atoms with van der Waals surface area (Å²) in [4.78, 5) is 22.7. The van der Waals surface area contributed by atoms with E-state index in [0.29, 0.717) is 18.6 Å². The van der Waals surface area contributed by atoms with Crippen molar-refractivity contribution in [3.05, 3.63) is 59.7 Å². The van der Waals surface area contributed by atoms with Crippen molar-refractivity contribution in [1.29, 1.82) is 0 Å². The molecule has 0 aliphatic rings. The van der Waals surface area contributed by atoms with Gasteiger partial charge in [-0.1, -0.05) is 24.3 Å². The Morgan fingerprint density at radius 2 is 1.85 bits per heavy atom. The standard InChI is InChI=1S/C20H23NO5/c1-14(16-7-9-17(10-8-16)26-13-20(23)24)21-19(22)11-6-15-4-3-5-18(12-15)25-2/h3-5,7-10,12,14H,6,11,13H2,1-2H3,(H,21,22)(H,23,24). The third kappa shape index (κ3) is 6.12. The van der Waals surface area contributed by atoms with Crippen molar-refractivity contribution in [3.8, 4) is 11.5 Å². The van der Waals surface area contributed by atoms with Crippen molar-refractivity contribution in [3.63, 3.8) is 0 Å². The first-order valence-electron chi connectivity index (χ1n) is 8.35. The molecule has 1 unspecified atom stereocenters. The van der Waals surface area contributed by atoms with E-state index in [9.17, 15) is 9.59 Å². The lowest BCUT2D eigenvalue weighted by atomic mass is 10.1. The number of benzene rings is 2. The molecule has 26 heavy (non-hydrogen) atoms. The summed E-state index contributed by atoms with van der Waals surface area (Å²) >= 11 is 0. The van der Waals surface area contributed by atoms with Gasteiger partial charge in [-0.2, -0.15) is 0 Å². The monoisotopic (exact) mass is 357 g/mol. The molecular weight excluding hydrogens is 334 g/mol. The molecule has 6 nitrogen and oxygen atoms in total. The van der Waals surface area contributed by atoms with Crippen LogP contribution in [0.3, 0.4) is 0 Å². The largest absolute Gasteiger partial charge is 0.497 e. The van der Waals surface area contributed by atoms with Crippen molar-refractivity contribution in [2.75, 3.05) is 13.7 Å². The van der Waals surface area contributed by atoms with Crippen LogP contribution in [0.5, 0.6) is 11.5 Å². The van der Waals surface area contributed by atoms with E-state index in [1.807, 2.05) is 43.3 Å². The molecule has 0 aliphatic carbocycles. The molecule has 2 rings (SSSR count). The second kappa shape index (κ2) is 9.46. The molecule has 0 saturated carbocycles. The van der Waals surface area contributed by atoms with Crippen molar-refractivity contribution >= 4 is 11.9 Å². The van der Waals surface area contributed by atoms with Gasteiger partial charge in [0.25, 0.3) is 0 Å². The maximum Gasteiger partial charge on any atom is 0.341 e. The second-order valence-electron chi connectivity index (χ2n) is 5.89. The van der Waals surface area contributed by atoms with Gasteiger partial charge in [-0.15, -0.1) is 0 Å². The maximum absolute atomic E-state index is 12.2. The van der Waals surface area contributed by atoms with Gasteiger partial charge in [0.05, 0.1) is 13.2 Å². The van der Waals surface area contributed by atoms with E-state index in [-0.39, 0.29) is 18.6 Å². The van der Waals surface area contributed by atoms with Gasteiger partial charge in [-0.3, -0.25) is 4.79 Å². The molecule has 0 aliphatic heterocycles. The minimum Gasteiger partial charge on any atom is -0.497 e. The number of amides is 1. The number of hydrogen-bond acceptors (Lipinski definition) is 4. The van der Waals surface area contributed by atoms with Crippen LogP contribution in [0.4, 0.5) is 0 Å². The zero-order chi connectivity index (χ0) is 18.9. The van der Waals surface area contributed by atoms with E-state index in [2.05, 4.69) is 5.32 Å². The Kier molecular flexibility index (Phi) is 7.02. The number of aryl methyl sites for hydroxylation is 1. The lowest BCUT2D eigenvalue weighted by Gasteiger charge is -2.15. The fraction of sp³-hybridized carbons (Fsp3) is 0.300. The van der Waals surface area contributed by atoms with Crippen molar-refractivity contribution in [2.45, 2.75) is 25.8 Å². The molecule has 2 N–H and O–H groups in total. The summed E-state index contributed by atoms with van der Waals surface area (Å²) in [5.74, 6) is 0.200. The minimum absolute atomic E-state index is 0.0356. The fourth-order valence-electron chi connectivity index (χ4n) is 2.48. The van der Waals surface area contributed by atoms with Crippen molar-refractivity contribution < 1.29 is 24.2 Å². The normalized spacial score (nSPS) is 11.5. The first-order chi connectivity index (χ1) is 12.5. The molecule has 2 aromatic rings. The summed E-state index contributed by atoms with van der Waals surface area (Å²) < 4.78 is 10.3. The summed E-state index contributed by atoms with van der Waals surface area (Å²) in [6, 6.07) is 14.5. The van der Waals surface area contributed by atoms with Gasteiger partial charge in [0.1, 0.15) is 11.5 Å². The van der Waals surface area contributed by atoms with E-state index in [4.69, 9.17) is 14.6 Å². The Bertz CT molecular complexity index is 742. The van der Waals surface area contributed by atoms with Crippen LogP contribution in [0.25, 0.3) is 0 Å². The molecule has 1 amide bonds. The molecule has 0 heterocycles. The zero-order valence-electron chi connectivity index (χ0n) is 14.9. The molecule has 0 saturated heterocycles. The number of nitrogens with one attached hydrogen (secondary N) is 1. The van der Waals surface area contributed by atoms with Crippen LogP contribution in [-0.2, 0) is 16.0 Å². The van der Waals surface area contributed by atoms with Gasteiger partial charge in [-0.25, -0.2) is 4.79 Å². The van der Waals surface area contributed by atoms with Gasteiger partial charge in [0.2, 0.25) is 5.91 Å². The maximum atomic E-state index is 12.2. The Labute approximate surface area is 152 Å². The molecule has 138 valence electrons. The van der Waals surface area contributed by atoms with Crippen LogP contribution in [-0.4, -0.2) is 30.7 Å². The topological polar surface area (TPSA) is 84.9 Å². The van der Waals surface area contributed by atoms with Crippen LogP contribution in [0.2, 0.25) is 0 Å². The number of carboxylic acid groups (broad SMARTS) is 1. The molecule has 0 spiro atoms. The van der Waals surface area contributed by atoms with Crippen LogP contribution >= 0.6 is 0 Å². The smallest absolute Gasteiger partial charge is 0.341 e. The lowest BCUT2D eigenvalue weighted by molar-refractivity contribution is -0.139. The SMILES string of the molecule is COc1cccc(CCC(=O)NC(C)c2ccc(OCC(=O)O)cc2)c1. The highest BCUT2D eigenvalue weighted by molar-refractivity contribution is 5.76. The van der Waals surface area contributed by atoms with Gasteiger partial charge in [0.15, 0.2) is 6.61 Å². The number of carboxylic acids is 1. The number of methoxy groups -OCH3 is 1. The van der Waals surface area contributed by atoms with Crippen molar-refractivity contribution in [1.82, 2.24) is 5.32 Å². The minimum atomic E-state index is -1.02.